The van der Waals surface area contributed by atoms with E-state index in [4.69, 9.17) is 28.4 Å². The van der Waals surface area contributed by atoms with E-state index >= 15 is 0 Å². The highest BCUT2D eigenvalue weighted by molar-refractivity contribution is 9.10. The van der Waals surface area contributed by atoms with Crippen LogP contribution in [0.15, 0.2) is 56.2 Å². The van der Waals surface area contributed by atoms with Crippen molar-refractivity contribution in [3.05, 3.63) is 52.5 Å². The highest BCUT2D eigenvalue weighted by atomic mass is 79.9. The minimum Gasteiger partial charge on any atom is -0.490 e. The van der Waals surface area contributed by atoms with Gasteiger partial charge in [0.15, 0.2) is 5.11 Å². The molecule has 12 heteroatoms. The quantitative estimate of drug-likeness (QED) is 0.261. The van der Waals surface area contributed by atoms with Gasteiger partial charge in [-0.3, -0.25) is 10.1 Å². The number of carbonyl (C=O) groups is 1. The molecule has 0 radical (unpaired) electrons. The van der Waals surface area contributed by atoms with Crippen molar-refractivity contribution in [1.82, 2.24) is 5.32 Å². The maximum atomic E-state index is 12.6. The van der Waals surface area contributed by atoms with E-state index in [0.29, 0.717) is 21.5 Å². The van der Waals surface area contributed by atoms with Crippen molar-refractivity contribution in [1.29, 1.82) is 0 Å². The number of benzene rings is 2. The van der Waals surface area contributed by atoms with Gasteiger partial charge in [-0.25, -0.2) is 0 Å². The lowest BCUT2D eigenvalue weighted by Crippen LogP contribution is -2.34. The van der Waals surface area contributed by atoms with Gasteiger partial charge >= 0.3 is 0 Å². The summed E-state index contributed by atoms with van der Waals surface area (Å²) in [6, 6.07) is 10.6. The van der Waals surface area contributed by atoms with Gasteiger partial charge < -0.3 is 21.5 Å². The van der Waals surface area contributed by atoms with Crippen molar-refractivity contribution in [2.75, 3.05) is 5.32 Å². The number of nitrogens with zero attached hydrogens (tertiary/aromatic N) is 1. The average molecular weight is 514 g/mol. The van der Waals surface area contributed by atoms with Crippen LogP contribution in [0.1, 0.15) is 24.2 Å². The van der Waals surface area contributed by atoms with Gasteiger partial charge in [-0.05, 0) is 68.5 Å². The second-order valence-corrected chi connectivity index (χ2v) is 9.16. The lowest BCUT2D eigenvalue weighted by molar-refractivity contribution is 0.0972. The summed E-state index contributed by atoms with van der Waals surface area (Å²) >= 11 is 8.50. The van der Waals surface area contributed by atoms with Crippen LogP contribution in [0.5, 0.6) is 5.75 Å². The Morgan fingerprint density at radius 2 is 1.80 bits per heavy atom. The number of ether oxygens (including phenoxy) is 1. The van der Waals surface area contributed by atoms with E-state index < -0.39 is 21.9 Å². The van der Waals surface area contributed by atoms with E-state index in [-0.39, 0.29) is 16.1 Å². The number of nitrogens with two attached hydrogens (primary N) is 2. The van der Waals surface area contributed by atoms with Crippen LogP contribution >= 0.6 is 28.1 Å². The molecule has 0 unspecified atom stereocenters. The lowest BCUT2D eigenvalue weighted by atomic mass is 10.2. The minimum atomic E-state index is -3.99. The van der Waals surface area contributed by atoms with Crippen LogP contribution in [-0.2, 0) is 10.0 Å². The molecule has 0 bridgehead atoms. The molecular formula is C18H20BrN5O4S2. The zero-order valence-electron chi connectivity index (χ0n) is 16.0. The molecule has 0 aliphatic rings. The normalized spacial score (nSPS) is 10.9. The van der Waals surface area contributed by atoms with Crippen LogP contribution in [0.4, 0.5) is 5.69 Å². The number of hydrogen-bond donors (Lipinski definition) is 4. The molecule has 160 valence electrons. The Kier molecular flexibility index (Phi) is 7.76. The number of guanidine groups is 1. The Hall–Kier alpha value is -2.70. The molecule has 2 aromatic carbocycles. The topological polar surface area (TPSA) is 149 Å². The molecule has 0 heterocycles. The number of sulfonamides is 1. The van der Waals surface area contributed by atoms with Crippen molar-refractivity contribution in [3.63, 3.8) is 0 Å². The number of amides is 1. The fraction of sp³-hybridized carbons (Fsp3) is 0.167. The Bertz CT molecular complexity index is 1080. The molecule has 9 nitrogen and oxygen atoms in total. The zero-order chi connectivity index (χ0) is 22.5. The van der Waals surface area contributed by atoms with Crippen LogP contribution in [0.3, 0.4) is 0 Å². The Labute approximate surface area is 188 Å². The van der Waals surface area contributed by atoms with Gasteiger partial charge in [0.2, 0.25) is 5.96 Å². The summed E-state index contributed by atoms with van der Waals surface area (Å²) in [6.45, 7) is 3.71. The lowest BCUT2D eigenvalue weighted by Gasteiger charge is -2.15. The molecule has 0 aliphatic heterocycles. The predicted molar refractivity (Wildman–Crippen MR) is 123 cm³/mol. The zero-order valence-corrected chi connectivity index (χ0v) is 19.3. The summed E-state index contributed by atoms with van der Waals surface area (Å²) in [7, 11) is -3.99. The Balaban J connectivity index is 2.10. The molecule has 0 aliphatic carbocycles. The van der Waals surface area contributed by atoms with Gasteiger partial charge in [0, 0.05) is 10.2 Å². The molecule has 0 saturated carbocycles. The van der Waals surface area contributed by atoms with E-state index in [1.165, 1.54) is 24.3 Å². The number of halogens is 1. The van der Waals surface area contributed by atoms with E-state index in [0.717, 1.165) is 0 Å². The van der Waals surface area contributed by atoms with Gasteiger partial charge in [0.25, 0.3) is 15.9 Å². The van der Waals surface area contributed by atoms with E-state index in [1.54, 1.807) is 18.2 Å². The number of carbonyl (C=O) groups excluding carboxylic acids is 1. The first-order valence-electron chi connectivity index (χ1n) is 8.52. The van der Waals surface area contributed by atoms with Gasteiger partial charge in [-0.15, -0.1) is 4.40 Å². The number of nitrogens with one attached hydrogen (secondary N) is 2. The van der Waals surface area contributed by atoms with Crippen molar-refractivity contribution in [3.8, 4) is 5.75 Å². The molecule has 30 heavy (non-hydrogen) atoms. The van der Waals surface area contributed by atoms with Crippen LogP contribution < -0.4 is 26.8 Å². The van der Waals surface area contributed by atoms with Gasteiger partial charge in [-0.1, -0.05) is 15.9 Å². The van der Waals surface area contributed by atoms with Crippen LogP contribution in [0, 0.1) is 0 Å². The van der Waals surface area contributed by atoms with Gasteiger partial charge in [-0.2, -0.15) is 8.42 Å². The van der Waals surface area contributed by atoms with Gasteiger partial charge in [0.05, 0.1) is 16.6 Å². The van der Waals surface area contributed by atoms with Crippen LogP contribution in [0.2, 0.25) is 0 Å². The van der Waals surface area contributed by atoms with Gasteiger partial charge in [0.1, 0.15) is 5.75 Å². The number of thiocarbonyl (C=S) groups is 1. The third kappa shape index (κ3) is 6.68. The molecule has 0 saturated heterocycles. The van der Waals surface area contributed by atoms with Crippen molar-refractivity contribution >= 4 is 60.8 Å². The summed E-state index contributed by atoms with van der Waals surface area (Å²) in [5.41, 5.74) is 11.0. The number of anilines is 1. The van der Waals surface area contributed by atoms with E-state index in [2.05, 4.69) is 31.0 Å². The third-order valence-corrected chi connectivity index (χ3v) is 5.43. The third-order valence-electron chi connectivity index (χ3n) is 3.41. The maximum Gasteiger partial charge on any atom is 0.285 e. The first kappa shape index (κ1) is 23.6. The average Bonchev–Trinajstić information content (AvgIpc) is 2.62. The largest absolute Gasteiger partial charge is 0.490 e. The molecular weight excluding hydrogens is 494 g/mol. The smallest absolute Gasteiger partial charge is 0.285 e. The van der Waals surface area contributed by atoms with Crippen LogP contribution in [-0.4, -0.2) is 31.5 Å². The van der Waals surface area contributed by atoms with Crippen LogP contribution in [0.25, 0.3) is 0 Å². The standard InChI is InChI=1S/C18H20BrN5O4S2/c1-10(2)28-15-8-3-11(19)9-14(15)16(25)23-18(29)22-12-4-6-13(7-5-12)30(26,27)24-17(20)21/h3-10H,1-2H3,(H4,20,21,24)(H2,22,23,25,29). The highest BCUT2D eigenvalue weighted by Gasteiger charge is 2.16. The predicted octanol–water partition coefficient (Wildman–Crippen LogP) is 2.33. The molecule has 2 aromatic rings. The fourth-order valence-electron chi connectivity index (χ4n) is 2.27. The van der Waals surface area contributed by atoms with Crippen molar-refractivity contribution < 1.29 is 17.9 Å². The minimum absolute atomic E-state index is 0.0234. The maximum absolute atomic E-state index is 12.6. The van der Waals surface area contributed by atoms with Crippen molar-refractivity contribution in [2.24, 2.45) is 15.9 Å². The molecule has 0 fully saturated rings. The first-order valence-corrected chi connectivity index (χ1v) is 11.2. The Morgan fingerprint density at radius 1 is 1.17 bits per heavy atom. The number of hydrogen-bond acceptors (Lipinski definition) is 5. The van der Waals surface area contributed by atoms with E-state index in [1.807, 2.05) is 13.8 Å². The monoisotopic (exact) mass is 513 g/mol. The molecule has 1 amide bonds. The SMILES string of the molecule is CC(C)Oc1ccc(Br)cc1C(=O)NC(=S)Nc1ccc(S(=O)(=O)N=C(N)N)cc1. The first-order chi connectivity index (χ1) is 14.0. The summed E-state index contributed by atoms with van der Waals surface area (Å²) in [4.78, 5) is 12.5. The summed E-state index contributed by atoms with van der Waals surface area (Å²) < 4.78 is 33.5. The molecule has 0 spiro atoms. The highest BCUT2D eigenvalue weighted by Crippen LogP contribution is 2.24. The molecule has 6 N–H and O–H groups in total. The summed E-state index contributed by atoms with van der Waals surface area (Å²) in [5.74, 6) is -0.603. The summed E-state index contributed by atoms with van der Waals surface area (Å²) in [5, 5.41) is 5.39. The number of rotatable bonds is 6. The molecule has 0 aromatic heterocycles. The van der Waals surface area contributed by atoms with E-state index in [9.17, 15) is 13.2 Å². The van der Waals surface area contributed by atoms with Crippen molar-refractivity contribution in [2.45, 2.75) is 24.8 Å². The second kappa shape index (κ2) is 9.87. The fourth-order valence-corrected chi connectivity index (χ4v) is 3.71. The molecule has 2 rings (SSSR count). The second-order valence-electron chi connectivity index (χ2n) is 6.23. The Morgan fingerprint density at radius 3 is 2.37 bits per heavy atom. The molecule has 0 atom stereocenters. The summed E-state index contributed by atoms with van der Waals surface area (Å²) in [6.07, 6.45) is -0.114.